The average molecular weight is 309 g/mol. The Morgan fingerprint density at radius 2 is 2.05 bits per heavy atom. The molecule has 0 unspecified atom stereocenters. The van der Waals surface area contributed by atoms with E-state index in [1.54, 1.807) is 16.2 Å². The summed E-state index contributed by atoms with van der Waals surface area (Å²) in [6.07, 6.45) is 5.14. The molecule has 0 N–H and O–H groups in total. The molecular weight excluding hydrogens is 286 g/mol. The molecule has 5 heteroatoms. The summed E-state index contributed by atoms with van der Waals surface area (Å²) in [7, 11) is 1.37. The number of carbonyl (C=O) groups excluding carboxylic acids is 2. The van der Waals surface area contributed by atoms with E-state index in [-0.39, 0.29) is 24.5 Å². The second-order valence-corrected chi connectivity index (χ2v) is 6.65. The normalized spacial score (nSPS) is 15.2. The maximum absolute atomic E-state index is 12.8. The summed E-state index contributed by atoms with van der Waals surface area (Å²) >= 11 is 1.55. The van der Waals surface area contributed by atoms with Gasteiger partial charge in [0.05, 0.1) is 12.0 Å². The minimum Gasteiger partial charge on any atom is -0.468 e. The van der Waals surface area contributed by atoms with Crippen LogP contribution >= 0.6 is 11.3 Å². The zero-order valence-electron chi connectivity index (χ0n) is 13.0. The molecule has 0 aromatic carbocycles. The molecule has 1 aliphatic carbocycles. The van der Waals surface area contributed by atoms with Crippen LogP contribution in [0.15, 0.2) is 6.07 Å². The molecule has 1 aromatic heterocycles. The van der Waals surface area contributed by atoms with Gasteiger partial charge in [0.15, 0.2) is 0 Å². The van der Waals surface area contributed by atoms with E-state index in [9.17, 15) is 9.59 Å². The number of amides is 1. The van der Waals surface area contributed by atoms with Gasteiger partial charge < -0.3 is 9.64 Å². The monoisotopic (exact) mass is 309 g/mol. The first kappa shape index (κ1) is 16.0. The van der Waals surface area contributed by atoms with Gasteiger partial charge in [0.25, 0.3) is 5.91 Å². The molecular formula is C16H23NO3S. The highest BCUT2D eigenvalue weighted by atomic mass is 32.1. The lowest BCUT2D eigenvalue weighted by atomic mass is 10.2. The number of rotatable bonds is 5. The van der Waals surface area contributed by atoms with E-state index in [0.717, 1.165) is 42.5 Å². The number of thiophene rings is 1. The van der Waals surface area contributed by atoms with Crippen molar-refractivity contribution in [3.63, 3.8) is 0 Å². The molecule has 1 aromatic rings. The minimum atomic E-state index is -0.348. The lowest BCUT2D eigenvalue weighted by Crippen LogP contribution is -2.42. The summed E-state index contributed by atoms with van der Waals surface area (Å²) in [5.41, 5.74) is 1.16. The fraction of sp³-hybridized carbons (Fsp3) is 0.625. The van der Waals surface area contributed by atoms with Gasteiger partial charge in [0.1, 0.15) is 6.54 Å². The van der Waals surface area contributed by atoms with Crippen molar-refractivity contribution in [1.29, 1.82) is 0 Å². The lowest BCUT2D eigenvalue weighted by Gasteiger charge is -2.27. The highest BCUT2D eigenvalue weighted by molar-refractivity contribution is 7.14. The zero-order valence-corrected chi connectivity index (χ0v) is 13.8. The average Bonchev–Trinajstić information content (AvgIpc) is 3.12. The Bertz CT molecular complexity index is 518. The van der Waals surface area contributed by atoms with Gasteiger partial charge in [-0.25, -0.2) is 0 Å². The molecule has 0 aliphatic heterocycles. The van der Waals surface area contributed by atoms with Gasteiger partial charge in [-0.15, -0.1) is 11.3 Å². The number of aryl methyl sites for hydroxylation is 2. The standard InChI is InChI=1S/C16H23NO3S/c1-4-13-11(2)9-14(21-13)16(19)17(10-15(18)20-3)12-7-5-6-8-12/h9,12H,4-8,10H2,1-3H3. The van der Waals surface area contributed by atoms with Crippen molar-refractivity contribution < 1.29 is 14.3 Å². The van der Waals surface area contributed by atoms with Crippen molar-refractivity contribution >= 4 is 23.2 Å². The minimum absolute atomic E-state index is 0.0277. The van der Waals surface area contributed by atoms with Crippen LogP contribution in [-0.4, -0.2) is 36.5 Å². The number of methoxy groups -OCH3 is 1. The largest absolute Gasteiger partial charge is 0.468 e. The van der Waals surface area contributed by atoms with Crippen molar-refractivity contribution in [3.8, 4) is 0 Å². The maximum atomic E-state index is 12.8. The number of hydrogen-bond acceptors (Lipinski definition) is 4. The van der Waals surface area contributed by atoms with E-state index < -0.39 is 0 Å². The molecule has 0 saturated heterocycles. The molecule has 4 nitrogen and oxygen atoms in total. The van der Waals surface area contributed by atoms with E-state index in [1.807, 2.05) is 13.0 Å². The molecule has 1 saturated carbocycles. The summed E-state index contributed by atoms with van der Waals surface area (Å²) in [4.78, 5) is 28.1. The van der Waals surface area contributed by atoms with Crippen molar-refractivity contribution in [2.75, 3.05) is 13.7 Å². The van der Waals surface area contributed by atoms with Gasteiger partial charge in [-0.05, 0) is 37.8 Å². The van der Waals surface area contributed by atoms with Crippen molar-refractivity contribution in [2.24, 2.45) is 0 Å². The topological polar surface area (TPSA) is 46.6 Å². The number of carbonyl (C=O) groups is 2. The first-order valence-electron chi connectivity index (χ1n) is 7.53. The van der Waals surface area contributed by atoms with Gasteiger partial charge in [-0.3, -0.25) is 9.59 Å². The molecule has 1 heterocycles. The van der Waals surface area contributed by atoms with Crippen molar-refractivity contribution in [3.05, 3.63) is 21.4 Å². The van der Waals surface area contributed by atoms with Gasteiger partial charge >= 0.3 is 5.97 Å². The fourth-order valence-corrected chi connectivity index (χ4v) is 3.97. The Morgan fingerprint density at radius 3 is 2.57 bits per heavy atom. The predicted molar refractivity (Wildman–Crippen MR) is 83.7 cm³/mol. The van der Waals surface area contributed by atoms with Crippen LogP contribution in [0.25, 0.3) is 0 Å². The highest BCUT2D eigenvalue weighted by Crippen LogP contribution is 2.28. The number of esters is 1. The summed E-state index contributed by atoms with van der Waals surface area (Å²) < 4.78 is 4.75. The zero-order chi connectivity index (χ0) is 15.4. The predicted octanol–water partition coefficient (Wildman–Crippen LogP) is 3.18. The number of hydrogen-bond donors (Lipinski definition) is 0. The summed E-state index contributed by atoms with van der Waals surface area (Å²) in [5.74, 6) is -0.376. The molecule has 1 amide bonds. The van der Waals surface area contributed by atoms with E-state index in [0.29, 0.717) is 0 Å². The fourth-order valence-electron chi connectivity index (χ4n) is 2.90. The third-order valence-electron chi connectivity index (χ3n) is 4.11. The summed E-state index contributed by atoms with van der Waals surface area (Å²) in [5, 5.41) is 0. The second kappa shape index (κ2) is 7.07. The van der Waals surface area contributed by atoms with Crippen molar-refractivity contribution in [2.45, 2.75) is 52.0 Å². The van der Waals surface area contributed by atoms with Gasteiger partial charge in [-0.1, -0.05) is 19.8 Å². The number of nitrogens with zero attached hydrogens (tertiary/aromatic N) is 1. The van der Waals surface area contributed by atoms with Gasteiger partial charge in [0.2, 0.25) is 0 Å². The van der Waals surface area contributed by atoms with Crippen LogP contribution in [0.4, 0.5) is 0 Å². The van der Waals surface area contributed by atoms with Gasteiger partial charge in [0, 0.05) is 10.9 Å². The number of ether oxygens (including phenoxy) is 1. The maximum Gasteiger partial charge on any atom is 0.325 e. The van der Waals surface area contributed by atoms with Crippen LogP contribution in [0.1, 0.15) is 52.7 Å². The molecule has 0 spiro atoms. The van der Waals surface area contributed by atoms with Crippen LogP contribution < -0.4 is 0 Å². The van der Waals surface area contributed by atoms with Crippen LogP contribution in [0.3, 0.4) is 0 Å². The molecule has 0 bridgehead atoms. The SMILES string of the molecule is CCc1sc(C(=O)N(CC(=O)OC)C2CCCC2)cc1C. The molecule has 0 atom stereocenters. The third kappa shape index (κ3) is 3.64. The van der Waals surface area contributed by atoms with E-state index in [2.05, 4.69) is 6.92 Å². The molecule has 21 heavy (non-hydrogen) atoms. The van der Waals surface area contributed by atoms with Crippen LogP contribution in [-0.2, 0) is 16.0 Å². The van der Waals surface area contributed by atoms with Gasteiger partial charge in [-0.2, -0.15) is 0 Å². The highest BCUT2D eigenvalue weighted by Gasteiger charge is 2.30. The Balaban J connectivity index is 2.21. The molecule has 116 valence electrons. The summed E-state index contributed by atoms with van der Waals surface area (Å²) in [6, 6.07) is 2.12. The summed E-state index contributed by atoms with van der Waals surface area (Å²) in [6.45, 7) is 4.18. The first-order valence-corrected chi connectivity index (χ1v) is 8.35. The Hall–Kier alpha value is -1.36. The molecule has 0 radical (unpaired) electrons. The Kier molecular flexibility index (Phi) is 5.39. The van der Waals surface area contributed by atoms with Crippen molar-refractivity contribution in [1.82, 2.24) is 4.90 Å². The van der Waals surface area contributed by atoms with Crippen LogP contribution in [0.5, 0.6) is 0 Å². The second-order valence-electron chi connectivity index (χ2n) is 5.52. The first-order chi connectivity index (χ1) is 10.1. The quantitative estimate of drug-likeness (QED) is 0.785. The van der Waals surface area contributed by atoms with E-state index >= 15 is 0 Å². The smallest absolute Gasteiger partial charge is 0.325 e. The van der Waals surface area contributed by atoms with E-state index in [4.69, 9.17) is 4.74 Å². The lowest BCUT2D eigenvalue weighted by molar-refractivity contribution is -0.141. The van der Waals surface area contributed by atoms with Crippen LogP contribution in [0, 0.1) is 6.92 Å². The molecule has 2 rings (SSSR count). The molecule has 1 aliphatic rings. The molecule has 1 fully saturated rings. The van der Waals surface area contributed by atoms with E-state index in [1.165, 1.54) is 12.0 Å². The Morgan fingerprint density at radius 1 is 1.38 bits per heavy atom. The Labute approximate surface area is 130 Å². The third-order valence-corrected chi connectivity index (χ3v) is 5.48. The van der Waals surface area contributed by atoms with Crippen LogP contribution in [0.2, 0.25) is 0 Å².